The highest BCUT2D eigenvalue weighted by Gasteiger charge is 2.33. The SMILES string of the molecule is O=C(NC1CC1)c1ccc(CN(C(=O)Nc2ccc(F)cc2F)C2CC2)cc1. The van der Waals surface area contributed by atoms with E-state index in [9.17, 15) is 18.4 Å². The Labute approximate surface area is 161 Å². The van der Waals surface area contributed by atoms with Gasteiger partial charge in [0.1, 0.15) is 11.6 Å². The maximum atomic E-state index is 13.8. The monoisotopic (exact) mass is 385 g/mol. The number of rotatable bonds is 6. The van der Waals surface area contributed by atoms with Crippen molar-refractivity contribution in [2.24, 2.45) is 0 Å². The van der Waals surface area contributed by atoms with E-state index in [0.29, 0.717) is 18.2 Å². The number of hydrogen-bond donors (Lipinski definition) is 2. The van der Waals surface area contributed by atoms with Gasteiger partial charge in [-0.1, -0.05) is 12.1 Å². The second-order valence-corrected chi connectivity index (χ2v) is 7.36. The van der Waals surface area contributed by atoms with Gasteiger partial charge in [-0.15, -0.1) is 0 Å². The van der Waals surface area contributed by atoms with Crippen LogP contribution in [0.4, 0.5) is 19.3 Å². The van der Waals surface area contributed by atoms with Crippen molar-refractivity contribution >= 4 is 17.6 Å². The molecule has 146 valence electrons. The third-order valence-corrected chi connectivity index (χ3v) is 4.90. The maximum absolute atomic E-state index is 13.8. The third kappa shape index (κ3) is 4.47. The molecule has 0 bridgehead atoms. The summed E-state index contributed by atoms with van der Waals surface area (Å²) in [5.74, 6) is -1.59. The number of carbonyl (C=O) groups is 2. The van der Waals surface area contributed by atoms with Crippen LogP contribution >= 0.6 is 0 Å². The molecular formula is C21H21F2N3O2. The first-order chi connectivity index (χ1) is 13.5. The Bertz CT molecular complexity index is 893. The van der Waals surface area contributed by atoms with Crippen LogP contribution in [0.15, 0.2) is 42.5 Å². The van der Waals surface area contributed by atoms with Crippen molar-refractivity contribution < 1.29 is 18.4 Å². The standard InChI is InChI=1S/C21H21F2N3O2/c22-15-5-10-19(18(23)11-15)25-21(28)26(17-8-9-17)12-13-1-3-14(4-2-13)20(27)24-16-6-7-16/h1-5,10-11,16-17H,6-9,12H2,(H,24,27)(H,25,28). The van der Waals surface area contributed by atoms with Crippen molar-refractivity contribution in [1.29, 1.82) is 0 Å². The van der Waals surface area contributed by atoms with Gasteiger partial charge < -0.3 is 15.5 Å². The lowest BCUT2D eigenvalue weighted by Crippen LogP contribution is -2.36. The zero-order chi connectivity index (χ0) is 19.7. The average Bonchev–Trinajstić information content (AvgIpc) is 3.57. The summed E-state index contributed by atoms with van der Waals surface area (Å²) in [6.07, 6.45) is 3.84. The Morgan fingerprint density at radius 2 is 1.71 bits per heavy atom. The van der Waals surface area contributed by atoms with E-state index in [4.69, 9.17) is 0 Å². The van der Waals surface area contributed by atoms with Crippen LogP contribution in [0.1, 0.15) is 41.6 Å². The largest absolute Gasteiger partial charge is 0.349 e. The van der Waals surface area contributed by atoms with Crippen molar-refractivity contribution in [3.8, 4) is 0 Å². The summed E-state index contributed by atoms with van der Waals surface area (Å²) in [5, 5.41) is 5.46. The molecule has 2 aliphatic carbocycles. The molecule has 3 amide bonds. The van der Waals surface area contributed by atoms with Crippen molar-refractivity contribution in [3.05, 3.63) is 65.2 Å². The molecule has 28 heavy (non-hydrogen) atoms. The van der Waals surface area contributed by atoms with E-state index >= 15 is 0 Å². The molecule has 2 aliphatic rings. The minimum absolute atomic E-state index is 0.0517. The summed E-state index contributed by atoms with van der Waals surface area (Å²) in [6.45, 7) is 0.351. The molecule has 0 spiro atoms. The highest BCUT2D eigenvalue weighted by molar-refractivity contribution is 5.94. The number of hydrogen-bond acceptors (Lipinski definition) is 2. The van der Waals surface area contributed by atoms with Gasteiger partial charge in [0.2, 0.25) is 0 Å². The minimum Gasteiger partial charge on any atom is -0.349 e. The van der Waals surface area contributed by atoms with Gasteiger partial charge in [-0.05, 0) is 55.5 Å². The van der Waals surface area contributed by atoms with Crippen LogP contribution in [0.5, 0.6) is 0 Å². The van der Waals surface area contributed by atoms with E-state index in [2.05, 4.69) is 10.6 Å². The minimum atomic E-state index is -0.810. The van der Waals surface area contributed by atoms with Crippen molar-refractivity contribution in [1.82, 2.24) is 10.2 Å². The van der Waals surface area contributed by atoms with E-state index in [-0.39, 0.29) is 17.6 Å². The molecule has 4 rings (SSSR count). The fraction of sp³-hybridized carbons (Fsp3) is 0.333. The first-order valence-electron chi connectivity index (χ1n) is 9.42. The lowest BCUT2D eigenvalue weighted by molar-refractivity contribution is 0.0951. The third-order valence-electron chi connectivity index (χ3n) is 4.90. The fourth-order valence-corrected chi connectivity index (χ4v) is 2.99. The van der Waals surface area contributed by atoms with Crippen LogP contribution in [0.3, 0.4) is 0 Å². The number of benzene rings is 2. The zero-order valence-electron chi connectivity index (χ0n) is 15.3. The molecule has 0 heterocycles. The molecule has 2 fully saturated rings. The van der Waals surface area contributed by atoms with Gasteiger partial charge in [-0.2, -0.15) is 0 Å². The number of carbonyl (C=O) groups excluding carboxylic acids is 2. The summed E-state index contributed by atoms with van der Waals surface area (Å²) in [4.78, 5) is 26.3. The van der Waals surface area contributed by atoms with Crippen molar-refractivity contribution in [2.45, 2.75) is 44.3 Å². The van der Waals surface area contributed by atoms with Gasteiger partial charge in [-0.3, -0.25) is 4.79 Å². The predicted octanol–water partition coefficient (Wildman–Crippen LogP) is 4.05. The molecule has 0 saturated heterocycles. The molecule has 5 nitrogen and oxygen atoms in total. The fourth-order valence-electron chi connectivity index (χ4n) is 2.99. The van der Waals surface area contributed by atoms with Crippen LogP contribution in [-0.4, -0.2) is 28.9 Å². The molecule has 0 aliphatic heterocycles. The Balaban J connectivity index is 1.41. The van der Waals surface area contributed by atoms with Gasteiger partial charge in [0.05, 0.1) is 5.69 Å². The number of urea groups is 1. The van der Waals surface area contributed by atoms with Crippen LogP contribution in [0.2, 0.25) is 0 Å². The topological polar surface area (TPSA) is 61.4 Å². The highest BCUT2D eigenvalue weighted by Crippen LogP contribution is 2.29. The normalized spacial score (nSPS) is 15.8. The molecule has 0 unspecified atom stereocenters. The molecule has 0 aromatic heterocycles. The quantitative estimate of drug-likeness (QED) is 0.788. The average molecular weight is 385 g/mol. The molecule has 0 radical (unpaired) electrons. The summed E-state index contributed by atoms with van der Waals surface area (Å²) in [7, 11) is 0. The Kier molecular flexibility index (Phi) is 4.98. The van der Waals surface area contributed by atoms with Gasteiger partial charge in [-0.25, -0.2) is 13.6 Å². The zero-order valence-corrected chi connectivity index (χ0v) is 15.3. The molecule has 0 atom stereocenters. The lowest BCUT2D eigenvalue weighted by Gasteiger charge is -2.23. The summed E-state index contributed by atoms with van der Waals surface area (Å²) in [6, 6.07) is 10.2. The molecule has 2 aromatic carbocycles. The van der Waals surface area contributed by atoms with Gasteiger partial charge >= 0.3 is 6.03 Å². The van der Waals surface area contributed by atoms with Crippen molar-refractivity contribution in [2.75, 3.05) is 5.32 Å². The second-order valence-electron chi connectivity index (χ2n) is 7.36. The molecule has 2 saturated carbocycles. The molecule has 2 aromatic rings. The molecular weight excluding hydrogens is 364 g/mol. The Morgan fingerprint density at radius 1 is 1.00 bits per heavy atom. The smallest absolute Gasteiger partial charge is 0.322 e. The summed E-state index contributed by atoms with van der Waals surface area (Å²) >= 11 is 0. The van der Waals surface area contributed by atoms with E-state index in [1.54, 1.807) is 17.0 Å². The highest BCUT2D eigenvalue weighted by atomic mass is 19.1. The number of nitrogens with one attached hydrogen (secondary N) is 2. The second kappa shape index (κ2) is 7.58. The number of amides is 3. The maximum Gasteiger partial charge on any atom is 0.322 e. The summed E-state index contributed by atoms with van der Waals surface area (Å²) in [5.41, 5.74) is 1.42. The summed E-state index contributed by atoms with van der Waals surface area (Å²) < 4.78 is 26.9. The van der Waals surface area contributed by atoms with Crippen LogP contribution in [0.25, 0.3) is 0 Å². The van der Waals surface area contributed by atoms with Crippen molar-refractivity contribution in [3.63, 3.8) is 0 Å². The predicted molar refractivity (Wildman–Crippen MR) is 101 cm³/mol. The first-order valence-corrected chi connectivity index (χ1v) is 9.42. The number of nitrogens with zero attached hydrogens (tertiary/aromatic N) is 1. The molecule has 2 N–H and O–H groups in total. The van der Waals surface area contributed by atoms with E-state index < -0.39 is 17.7 Å². The van der Waals surface area contributed by atoms with Crippen LogP contribution in [0, 0.1) is 11.6 Å². The van der Waals surface area contributed by atoms with E-state index in [1.807, 2.05) is 12.1 Å². The van der Waals surface area contributed by atoms with Gasteiger partial charge in [0.25, 0.3) is 5.91 Å². The van der Waals surface area contributed by atoms with E-state index in [1.165, 1.54) is 6.07 Å². The van der Waals surface area contributed by atoms with Crippen LogP contribution in [-0.2, 0) is 6.54 Å². The number of halogens is 2. The van der Waals surface area contributed by atoms with Gasteiger partial charge in [0.15, 0.2) is 0 Å². The number of anilines is 1. The Morgan fingerprint density at radius 3 is 2.32 bits per heavy atom. The van der Waals surface area contributed by atoms with Crippen LogP contribution < -0.4 is 10.6 Å². The van der Waals surface area contributed by atoms with E-state index in [0.717, 1.165) is 43.4 Å². The Hall–Kier alpha value is -2.96. The molecule has 7 heteroatoms. The lowest BCUT2D eigenvalue weighted by atomic mass is 10.1. The van der Waals surface area contributed by atoms with Gasteiger partial charge in [0, 0.05) is 30.3 Å². The first kappa shape index (κ1) is 18.4.